The summed E-state index contributed by atoms with van der Waals surface area (Å²) in [6.45, 7) is 3.84. The van der Waals surface area contributed by atoms with Crippen LogP contribution in [-0.2, 0) is 0 Å². The van der Waals surface area contributed by atoms with Crippen molar-refractivity contribution in [3.63, 3.8) is 0 Å². The fourth-order valence-electron chi connectivity index (χ4n) is 1.58. The van der Waals surface area contributed by atoms with Gasteiger partial charge < -0.3 is 10.5 Å². The normalized spacial score (nSPS) is 10.3. The third-order valence-electron chi connectivity index (χ3n) is 2.56. The molecule has 6 heteroatoms. The van der Waals surface area contributed by atoms with Crippen molar-refractivity contribution in [1.29, 1.82) is 5.26 Å². The molecule has 0 bridgehead atoms. The van der Waals surface area contributed by atoms with Crippen molar-refractivity contribution in [2.45, 2.75) is 19.8 Å². The fraction of sp³-hybridized carbons (Fsp3) is 0.214. The van der Waals surface area contributed by atoms with Gasteiger partial charge in [0.25, 0.3) is 0 Å². The van der Waals surface area contributed by atoms with Crippen LogP contribution in [0.2, 0.25) is 0 Å². The van der Waals surface area contributed by atoms with E-state index in [1.807, 2.05) is 13.8 Å². The summed E-state index contributed by atoms with van der Waals surface area (Å²) in [7, 11) is 0. The largest absolute Gasteiger partial charge is 0.437 e. The van der Waals surface area contributed by atoms with E-state index < -0.39 is 5.82 Å². The highest BCUT2D eigenvalue weighted by Crippen LogP contribution is 2.27. The first-order chi connectivity index (χ1) is 9.51. The molecule has 0 radical (unpaired) electrons. The van der Waals surface area contributed by atoms with Crippen molar-refractivity contribution in [2.24, 2.45) is 0 Å². The van der Waals surface area contributed by atoms with Gasteiger partial charge >= 0.3 is 0 Å². The predicted molar refractivity (Wildman–Crippen MR) is 71.7 cm³/mol. The van der Waals surface area contributed by atoms with E-state index in [0.717, 1.165) is 0 Å². The van der Waals surface area contributed by atoms with Crippen LogP contribution in [0, 0.1) is 17.1 Å². The maximum absolute atomic E-state index is 13.5. The molecular weight excluding hydrogens is 259 g/mol. The Hall–Kier alpha value is -2.68. The van der Waals surface area contributed by atoms with E-state index >= 15 is 0 Å². The minimum Gasteiger partial charge on any atom is -0.437 e. The Morgan fingerprint density at radius 1 is 1.35 bits per heavy atom. The number of rotatable bonds is 3. The standard InChI is InChI=1S/C14H13FN4O/c1-8(2)14-18-12(17)6-13(19-14)20-11-5-3-4-10(15)9(11)7-16/h3-6,8H,1-2H3,(H2,17,18,19). The van der Waals surface area contributed by atoms with Crippen LogP contribution in [0.5, 0.6) is 11.6 Å². The number of nitrogen functional groups attached to an aromatic ring is 1. The maximum atomic E-state index is 13.5. The van der Waals surface area contributed by atoms with Crippen molar-refractivity contribution >= 4 is 5.82 Å². The zero-order valence-electron chi connectivity index (χ0n) is 11.1. The van der Waals surface area contributed by atoms with Crippen LogP contribution >= 0.6 is 0 Å². The molecular formula is C14H13FN4O. The van der Waals surface area contributed by atoms with Gasteiger partial charge in [-0.2, -0.15) is 10.2 Å². The molecule has 5 nitrogen and oxygen atoms in total. The Labute approximate surface area is 115 Å². The van der Waals surface area contributed by atoms with Crippen molar-refractivity contribution in [3.8, 4) is 17.7 Å². The number of nitriles is 1. The first-order valence-corrected chi connectivity index (χ1v) is 6.02. The summed E-state index contributed by atoms with van der Waals surface area (Å²) >= 11 is 0. The monoisotopic (exact) mass is 272 g/mol. The number of hydrogen-bond acceptors (Lipinski definition) is 5. The fourth-order valence-corrected chi connectivity index (χ4v) is 1.58. The molecule has 0 atom stereocenters. The van der Waals surface area contributed by atoms with E-state index in [2.05, 4.69) is 9.97 Å². The van der Waals surface area contributed by atoms with Gasteiger partial charge in [0.1, 0.15) is 34.8 Å². The number of ether oxygens (including phenoxy) is 1. The minimum atomic E-state index is -0.642. The molecule has 0 saturated carbocycles. The van der Waals surface area contributed by atoms with Gasteiger partial charge in [0.2, 0.25) is 5.88 Å². The number of nitrogens with zero attached hydrogens (tertiary/aromatic N) is 3. The highest BCUT2D eigenvalue weighted by molar-refractivity contribution is 5.46. The summed E-state index contributed by atoms with van der Waals surface area (Å²) < 4.78 is 18.9. The quantitative estimate of drug-likeness (QED) is 0.928. The molecule has 1 aromatic carbocycles. The molecule has 0 spiro atoms. The lowest BCUT2D eigenvalue weighted by Crippen LogP contribution is -2.03. The molecule has 102 valence electrons. The molecule has 0 fully saturated rings. The third kappa shape index (κ3) is 2.83. The summed E-state index contributed by atoms with van der Waals surface area (Å²) in [6.07, 6.45) is 0. The molecule has 1 heterocycles. The van der Waals surface area contributed by atoms with E-state index in [0.29, 0.717) is 5.82 Å². The van der Waals surface area contributed by atoms with Crippen LogP contribution in [0.15, 0.2) is 24.3 Å². The molecule has 2 N–H and O–H groups in total. The van der Waals surface area contributed by atoms with Gasteiger partial charge in [0, 0.05) is 12.0 Å². The molecule has 0 aliphatic carbocycles. The van der Waals surface area contributed by atoms with Gasteiger partial charge in [-0.1, -0.05) is 19.9 Å². The van der Waals surface area contributed by atoms with Crippen LogP contribution < -0.4 is 10.5 Å². The second-order valence-corrected chi connectivity index (χ2v) is 4.47. The van der Waals surface area contributed by atoms with Crippen molar-refractivity contribution in [2.75, 3.05) is 5.73 Å². The Morgan fingerprint density at radius 2 is 2.10 bits per heavy atom. The molecule has 2 rings (SSSR count). The van der Waals surface area contributed by atoms with E-state index in [4.69, 9.17) is 15.7 Å². The molecule has 2 aromatic rings. The topological polar surface area (TPSA) is 84.8 Å². The number of hydrogen-bond donors (Lipinski definition) is 1. The summed E-state index contributed by atoms with van der Waals surface area (Å²) in [5.41, 5.74) is 5.51. The zero-order chi connectivity index (χ0) is 14.7. The number of halogens is 1. The first kappa shape index (κ1) is 13.7. The van der Waals surface area contributed by atoms with E-state index in [-0.39, 0.29) is 28.9 Å². The lowest BCUT2D eigenvalue weighted by molar-refractivity contribution is 0.451. The highest BCUT2D eigenvalue weighted by atomic mass is 19.1. The average Bonchev–Trinajstić information content (AvgIpc) is 2.38. The van der Waals surface area contributed by atoms with Crippen molar-refractivity contribution < 1.29 is 9.13 Å². The van der Waals surface area contributed by atoms with Crippen molar-refractivity contribution in [1.82, 2.24) is 9.97 Å². The van der Waals surface area contributed by atoms with E-state index in [1.54, 1.807) is 6.07 Å². The molecule has 0 aliphatic heterocycles. The Morgan fingerprint density at radius 3 is 2.75 bits per heavy atom. The molecule has 0 unspecified atom stereocenters. The lowest BCUT2D eigenvalue weighted by Gasteiger charge is -2.10. The average molecular weight is 272 g/mol. The first-order valence-electron chi connectivity index (χ1n) is 6.02. The van der Waals surface area contributed by atoms with Gasteiger partial charge in [-0.05, 0) is 12.1 Å². The predicted octanol–water partition coefficient (Wildman–Crippen LogP) is 2.99. The van der Waals surface area contributed by atoms with Crippen LogP contribution in [0.25, 0.3) is 0 Å². The SMILES string of the molecule is CC(C)c1nc(N)cc(Oc2cccc(F)c2C#N)n1. The van der Waals surface area contributed by atoms with E-state index in [9.17, 15) is 4.39 Å². The van der Waals surface area contributed by atoms with Crippen LogP contribution in [0.1, 0.15) is 31.2 Å². The minimum absolute atomic E-state index is 0.0730. The Kier molecular flexibility index (Phi) is 3.80. The molecule has 1 aromatic heterocycles. The van der Waals surface area contributed by atoms with Crippen LogP contribution in [0.4, 0.5) is 10.2 Å². The third-order valence-corrected chi connectivity index (χ3v) is 2.56. The number of aromatic nitrogens is 2. The smallest absolute Gasteiger partial charge is 0.224 e. The van der Waals surface area contributed by atoms with Crippen LogP contribution in [-0.4, -0.2) is 9.97 Å². The molecule has 0 amide bonds. The van der Waals surface area contributed by atoms with Crippen LogP contribution in [0.3, 0.4) is 0 Å². The summed E-state index contributed by atoms with van der Waals surface area (Å²) in [6, 6.07) is 7.34. The van der Waals surface area contributed by atoms with Crippen molar-refractivity contribution in [3.05, 3.63) is 41.5 Å². The van der Waals surface area contributed by atoms with E-state index in [1.165, 1.54) is 24.3 Å². The summed E-state index contributed by atoms with van der Waals surface area (Å²) in [5, 5.41) is 8.95. The Balaban J connectivity index is 2.41. The summed E-state index contributed by atoms with van der Waals surface area (Å²) in [5.74, 6) is 0.493. The van der Waals surface area contributed by atoms with Gasteiger partial charge in [0.05, 0.1) is 0 Å². The highest BCUT2D eigenvalue weighted by Gasteiger charge is 2.12. The molecule has 20 heavy (non-hydrogen) atoms. The number of benzene rings is 1. The lowest BCUT2D eigenvalue weighted by atomic mass is 10.2. The summed E-state index contributed by atoms with van der Waals surface area (Å²) in [4.78, 5) is 8.27. The number of nitrogens with two attached hydrogens (primary N) is 1. The zero-order valence-corrected chi connectivity index (χ0v) is 11.1. The Bertz CT molecular complexity index is 679. The molecule has 0 aliphatic rings. The van der Waals surface area contributed by atoms with Gasteiger partial charge in [-0.25, -0.2) is 9.37 Å². The van der Waals surface area contributed by atoms with Gasteiger partial charge in [-0.15, -0.1) is 0 Å². The van der Waals surface area contributed by atoms with Gasteiger partial charge in [0.15, 0.2) is 0 Å². The maximum Gasteiger partial charge on any atom is 0.224 e. The second-order valence-electron chi connectivity index (χ2n) is 4.47. The van der Waals surface area contributed by atoms with Gasteiger partial charge in [-0.3, -0.25) is 0 Å². The number of anilines is 1. The second kappa shape index (κ2) is 5.53. The molecule has 0 saturated heterocycles.